The van der Waals surface area contributed by atoms with E-state index in [1.807, 2.05) is 4.90 Å². The van der Waals surface area contributed by atoms with Crippen LogP contribution >= 0.6 is 0 Å². The molecule has 0 aromatic rings. The molecule has 2 amide bonds. The molecule has 0 radical (unpaired) electrons. The zero-order valence-corrected chi connectivity index (χ0v) is 11.7. The van der Waals surface area contributed by atoms with Gasteiger partial charge in [0.15, 0.2) is 0 Å². The van der Waals surface area contributed by atoms with E-state index in [-0.39, 0.29) is 29.8 Å². The molecule has 19 heavy (non-hydrogen) atoms. The number of likely N-dealkylation sites (tertiary alicyclic amines) is 1. The molecule has 1 aliphatic carbocycles. The van der Waals surface area contributed by atoms with Crippen molar-refractivity contribution in [2.24, 2.45) is 11.7 Å². The number of carbonyl (C=O) groups excluding carboxylic acids is 2. The Kier molecular flexibility index (Phi) is 4.80. The second kappa shape index (κ2) is 6.37. The molecule has 0 aromatic heterocycles. The molecule has 108 valence electrons. The van der Waals surface area contributed by atoms with E-state index in [1.165, 1.54) is 0 Å². The summed E-state index contributed by atoms with van der Waals surface area (Å²) in [5.74, 6) is 0.214. The number of piperidine rings is 1. The first-order valence-electron chi connectivity index (χ1n) is 7.41. The van der Waals surface area contributed by atoms with E-state index in [9.17, 15) is 9.59 Å². The highest BCUT2D eigenvalue weighted by atomic mass is 16.2. The zero-order valence-electron chi connectivity index (χ0n) is 11.7. The number of nitrogens with two attached hydrogens (primary N) is 1. The average Bonchev–Trinajstić information content (AvgIpc) is 2.46. The summed E-state index contributed by atoms with van der Waals surface area (Å²) in [6, 6.07) is -0.0120. The second-order valence-corrected chi connectivity index (χ2v) is 5.77. The van der Waals surface area contributed by atoms with Gasteiger partial charge in [-0.05, 0) is 44.9 Å². The van der Waals surface area contributed by atoms with Gasteiger partial charge in [0.05, 0.1) is 0 Å². The molecule has 0 aromatic carbocycles. The van der Waals surface area contributed by atoms with Gasteiger partial charge in [-0.1, -0.05) is 0 Å². The molecule has 1 atom stereocenters. The summed E-state index contributed by atoms with van der Waals surface area (Å²) in [6.07, 6.45) is 6.41. The Hall–Kier alpha value is -1.10. The van der Waals surface area contributed by atoms with E-state index in [1.54, 1.807) is 7.05 Å². The van der Waals surface area contributed by atoms with Crippen LogP contribution in [0.2, 0.25) is 0 Å². The normalized spacial score (nSPS) is 31.9. The molecule has 2 rings (SSSR count). The van der Waals surface area contributed by atoms with Gasteiger partial charge in [0.1, 0.15) is 6.04 Å². The van der Waals surface area contributed by atoms with Crippen LogP contribution in [0.1, 0.15) is 44.9 Å². The van der Waals surface area contributed by atoms with Gasteiger partial charge in [-0.25, -0.2) is 0 Å². The van der Waals surface area contributed by atoms with Crippen molar-refractivity contribution in [1.29, 1.82) is 0 Å². The van der Waals surface area contributed by atoms with Crippen molar-refractivity contribution in [2.45, 2.75) is 57.0 Å². The van der Waals surface area contributed by atoms with Crippen LogP contribution in [0.15, 0.2) is 0 Å². The highest BCUT2D eigenvalue weighted by Crippen LogP contribution is 2.28. The fraction of sp³-hybridized carbons (Fsp3) is 0.857. The Morgan fingerprint density at radius 1 is 1.11 bits per heavy atom. The first-order chi connectivity index (χ1) is 9.13. The van der Waals surface area contributed by atoms with Gasteiger partial charge >= 0.3 is 0 Å². The Balaban J connectivity index is 2.01. The van der Waals surface area contributed by atoms with Crippen molar-refractivity contribution < 1.29 is 9.59 Å². The number of hydrogen-bond acceptors (Lipinski definition) is 3. The van der Waals surface area contributed by atoms with E-state index in [4.69, 9.17) is 5.73 Å². The third kappa shape index (κ3) is 3.26. The van der Waals surface area contributed by atoms with Crippen LogP contribution in [-0.4, -0.2) is 42.4 Å². The number of rotatable bonds is 2. The number of amides is 2. The standard InChI is InChI=1S/C14H25N3O2/c1-16-13(18)12-4-2-3-9-17(12)14(19)10-5-7-11(15)8-6-10/h10-12H,2-9,15H2,1H3,(H,16,18). The third-order valence-electron chi connectivity index (χ3n) is 4.46. The highest BCUT2D eigenvalue weighted by Gasteiger charge is 2.35. The quantitative estimate of drug-likeness (QED) is 0.770. The summed E-state index contributed by atoms with van der Waals surface area (Å²) in [5, 5.41) is 2.68. The minimum Gasteiger partial charge on any atom is -0.357 e. The fourth-order valence-electron chi connectivity index (χ4n) is 3.24. The number of nitrogens with zero attached hydrogens (tertiary/aromatic N) is 1. The van der Waals surface area contributed by atoms with Crippen LogP contribution in [0.5, 0.6) is 0 Å². The summed E-state index contributed by atoms with van der Waals surface area (Å²) < 4.78 is 0. The molecule has 0 bridgehead atoms. The van der Waals surface area contributed by atoms with Crippen molar-refractivity contribution in [3.05, 3.63) is 0 Å². The van der Waals surface area contributed by atoms with Gasteiger partial charge < -0.3 is 16.0 Å². The maximum Gasteiger partial charge on any atom is 0.242 e. The summed E-state index contributed by atoms with van der Waals surface area (Å²) >= 11 is 0. The average molecular weight is 267 g/mol. The number of hydrogen-bond donors (Lipinski definition) is 2. The first kappa shape index (κ1) is 14.3. The predicted octanol–water partition coefficient (Wildman–Crippen LogP) is 0.631. The van der Waals surface area contributed by atoms with Gasteiger partial charge in [0.2, 0.25) is 11.8 Å². The summed E-state index contributed by atoms with van der Waals surface area (Å²) in [5.41, 5.74) is 5.88. The second-order valence-electron chi connectivity index (χ2n) is 5.77. The van der Waals surface area contributed by atoms with Gasteiger partial charge in [-0.2, -0.15) is 0 Å². The van der Waals surface area contributed by atoms with Crippen molar-refractivity contribution in [3.63, 3.8) is 0 Å². The molecule has 1 unspecified atom stereocenters. The molecule has 0 spiro atoms. The Labute approximate surface area is 114 Å². The van der Waals surface area contributed by atoms with Crippen LogP contribution in [0.4, 0.5) is 0 Å². The lowest BCUT2D eigenvalue weighted by molar-refractivity contribution is -0.146. The maximum atomic E-state index is 12.6. The first-order valence-corrected chi connectivity index (χ1v) is 7.41. The van der Waals surface area contributed by atoms with E-state index < -0.39 is 0 Å². The lowest BCUT2D eigenvalue weighted by Crippen LogP contribution is -2.53. The molecule has 1 aliphatic heterocycles. The van der Waals surface area contributed by atoms with Crippen LogP contribution in [0.25, 0.3) is 0 Å². The SMILES string of the molecule is CNC(=O)C1CCCCN1C(=O)C1CCC(N)CC1. The predicted molar refractivity (Wildman–Crippen MR) is 73.4 cm³/mol. The smallest absolute Gasteiger partial charge is 0.242 e. The maximum absolute atomic E-state index is 12.6. The molecule has 5 nitrogen and oxygen atoms in total. The minimum atomic E-state index is -0.262. The number of likely N-dealkylation sites (N-methyl/N-ethyl adjacent to an activating group) is 1. The lowest BCUT2D eigenvalue weighted by atomic mass is 9.84. The minimum absolute atomic E-state index is 0.0273. The van der Waals surface area contributed by atoms with Crippen LogP contribution in [0.3, 0.4) is 0 Å². The van der Waals surface area contributed by atoms with E-state index in [0.717, 1.165) is 51.5 Å². The Morgan fingerprint density at radius 2 is 1.79 bits per heavy atom. The summed E-state index contributed by atoms with van der Waals surface area (Å²) in [6.45, 7) is 0.722. The van der Waals surface area contributed by atoms with Crippen LogP contribution in [-0.2, 0) is 9.59 Å². The fourth-order valence-corrected chi connectivity index (χ4v) is 3.24. The van der Waals surface area contributed by atoms with Gasteiger partial charge in [0.25, 0.3) is 0 Å². The monoisotopic (exact) mass is 267 g/mol. The molecule has 2 aliphatic rings. The zero-order chi connectivity index (χ0) is 13.8. The lowest BCUT2D eigenvalue weighted by Gasteiger charge is -2.38. The van der Waals surface area contributed by atoms with Crippen molar-refractivity contribution in [2.75, 3.05) is 13.6 Å². The van der Waals surface area contributed by atoms with Gasteiger partial charge in [0, 0.05) is 25.6 Å². The molecule has 1 saturated carbocycles. The van der Waals surface area contributed by atoms with E-state index in [2.05, 4.69) is 5.32 Å². The summed E-state index contributed by atoms with van der Waals surface area (Å²) in [7, 11) is 1.64. The Bertz CT molecular complexity index is 338. The van der Waals surface area contributed by atoms with Crippen LogP contribution in [0, 0.1) is 5.92 Å². The topological polar surface area (TPSA) is 75.4 Å². The molecule has 5 heteroatoms. The van der Waals surface area contributed by atoms with Crippen molar-refractivity contribution in [1.82, 2.24) is 10.2 Å². The molecule has 1 saturated heterocycles. The van der Waals surface area contributed by atoms with E-state index in [0.29, 0.717) is 0 Å². The molecule has 1 heterocycles. The number of nitrogens with one attached hydrogen (secondary N) is 1. The van der Waals surface area contributed by atoms with Crippen molar-refractivity contribution in [3.8, 4) is 0 Å². The van der Waals surface area contributed by atoms with E-state index >= 15 is 0 Å². The molecule has 2 fully saturated rings. The Morgan fingerprint density at radius 3 is 2.42 bits per heavy atom. The molecular weight excluding hydrogens is 242 g/mol. The largest absolute Gasteiger partial charge is 0.357 e. The highest BCUT2D eigenvalue weighted by molar-refractivity contribution is 5.88. The molecule has 3 N–H and O–H groups in total. The van der Waals surface area contributed by atoms with Crippen LogP contribution < -0.4 is 11.1 Å². The van der Waals surface area contributed by atoms with Crippen molar-refractivity contribution >= 4 is 11.8 Å². The molecular formula is C14H25N3O2. The third-order valence-corrected chi connectivity index (χ3v) is 4.46. The van der Waals surface area contributed by atoms with Gasteiger partial charge in [-0.15, -0.1) is 0 Å². The summed E-state index contributed by atoms with van der Waals surface area (Å²) in [4.78, 5) is 26.3. The number of carbonyl (C=O) groups is 2. The van der Waals surface area contributed by atoms with Gasteiger partial charge in [-0.3, -0.25) is 9.59 Å².